The number of thiophene rings is 1. The van der Waals surface area contributed by atoms with Crippen molar-refractivity contribution in [2.75, 3.05) is 5.73 Å². The third-order valence-electron chi connectivity index (χ3n) is 1.81. The Hall–Kier alpha value is -1.24. The molecule has 4 heteroatoms. The highest BCUT2D eigenvalue weighted by Crippen LogP contribution is 2.32. The highest BCUT2D eigenvalue weighted by Gasteiger charge is 2.05. The second kappa shape index (κ2) is 2.91. The van der Waals surface area contributed by atoms with E-state index in [0.717, 1.165) is 10.1 Å². The average Bonchev–Trinajstić information content (AvgIpc) is 2.46. The molecule has 0 fully saturated rings. The van der Waals surface area contributed by atoms with Gasteiger partial charge in [0.25, 0.3) is 0 Å². The largest absolute Gasteiger partial charge is 0.398 e. The van der Waals surface area contributed by atoms with E-state index >= 15 is 0 Å². The maximum Gasteiger partial charge on any atom is 0.101 e. The van der Waals surface area contributed by atoms with Crippen LogP contribution < -0.4 is 5.73 Å². The molecule has 2 aromatic rings. The maximum atomic E-state index is 8.73. The summed E-state index contributed by atoms with van der Waals surface area (Å²) >= 11 is 7.38. The standard InChI is InChI=1S/C9H5ClN2S/c10-7-2-9-6(1-5(7)3-11)8(12)4-13-9/h1-2,4H,12H2. The fraction of sp³-hybridized carbons (Fsp3) is 0. The first kappa shape index (κ1) is 8.36. The zero-order valence-electron chi connectivity index (χ0n) is 6.54. The number of nitriles is 1. The summed E-state index contributed by atoms with van der Waals surface area (Å²) in [6.07, 6.45) is 0. The Morgan fingerprint density at radius 2 is 2.23 bits per heavy atom. The molecule has 1 aromatic carbocycles. The number of hydrogen-bond acceptors (Lipinski definition) is 3. The van der Waals surface area contributed by atoms with Gasteiger partial charge in [-0.15, -0.1) is 11.3 Å². The van der Waals surface area contributed by atoms with Gasteiger partial charge in [0.15, 0.2) is 0 Å². The first-order chi connectivity index (χ1) is 6.22. The summed E-state index contributed by atoms with van der Waals surface area (Å²) in [6.45, 7) is 0. The molecule has 2 N–H and O–H groups in total. The fourth-order valence-corrected chi connectivity index (χ4v) is 2.30. The minimum absolute atomic E-state index is 0.472. The first-order valence-corrected chi connectivity index (χ1v) is 4.84. The quantitative estimate of drug-likeness (QED) is 0.724. The monoisotopic (exact) mass is 208 g/mol. The number of halogens is 1. The molecule has 0 atom stereocenters. The van der Waals surface area contributed by atoms with Gasteiger partial charge < -0.3 is 5.73 Å². The number of hydrogen-bond donors (Lipinski definition) is 1. The molecule has 1 aromatic heterocycles. The van der Waals surface area contributed by atoms with Gasteiger partial charge in [-0.2, -0.15) is 5.26 Å². The minimum Gasteiger partial charge on any atom is -0.398 e. The van der Waals surface area contributed by atoms with E-state index in [1.165, 1.54) is 11.3 Å². The molecule has 0 radical (unpaired) electrons. The molecule has 64 valence electrons. The highest BCUT2D eigenvalue weighted by molar-refractivity contribution is 7.17. The van der Waals surface area contributed by atoms with E-state index in [2.05, 4.69) is 0 Å². The molecule has 0 aliphatic heterocycles. The van der Waals surface area contributed by atoms with Crippen LogP contribution in [-0.2, 0) is 0 Å². The van der Waals surface area contributed by atoms with Crippen LogP contribution in [0.15, 0.2) is 17.5 Å². The fourth-order valence-electron chi connectivity index (χ4n) is 1.15. The first-order valence-electron chi connectivity index (χ1n) is 3.58. The van der Waals surface area contributed by atoms with Gasteiger partial charge in [-0.1, -0.05) is 11.6 Å². The van der Waals surface area contributed by atoms with Crippen LogP contribution >= 0.6 is 22.9 Å². The van der Waals surface area contributed by atoms with E-state index in [-0.39, 0.29) is 0 Å². The number of nitrogens with zero attached hydrogens (tertiary/aromatic N) is 1. The van der Waals surface area contributed by atoms with Gasteiger partial charge in [0.2, 0.25) is 0 Å². The van der Waals surface area contributed by atoms with Crippen molar-refractivity contribution >= 4 is 38.7 Å². The van der Waals surface area contributed by atoms with Crippen molar-refractivity contribution in [2.45, 2.75) is 0 Å². The van der Waals surface area contributed by atoms with Gasteiger partial charge in [-0.3, -0.25) is 0 Å². The van der Waals surface area contributed by atoms with E-state index in [1.807, 2.05) is 11.4 Å². The molecule has 0 saturated carbocycles. The van der Waals surface area contributed by atoms with E-state index in [4.69, 9.17) is 22.6 Å². The van der Waals surface area contributed by atoms with Crippen molar-refractivity contribution in [1.82, 2.24) is 0 Å². The van der Waals surface area contributed by atoms with Crippen LogP contribution in [0.1, 0.15) is 5.56 Å². The zero-order chi connectivity index (χ0) is 9.42. The van der Waals surface area contributed by atoms with Crippen molar-refractivity contribution in [1.29, 1.82) is 5.26 Å². The van der Waals surface area contributed by atoms with Crippen LogP contribution in [0.2, 0.25) is 5.02 Å². The Balaban J connectivity index is 2.86. The Morgan fingerprint density at radius 1 is 1.46 bits per heavy atom. The topological polar surface area (TPSA) is 49.8 Å². The summed E-state index contributed by atoms with van der Waals surface area (Å²) in [7, 11) is 0. The van der Waals surface area contributed by atoms with Crippen molar-refractivity contribution in [3.63, 3.8) is 0 Å². The lowest BCUT2D eigenvalue weighted by Crippen LogP contribution is -1.82. The molecule has 0 amide bonds. The molecule has 0 unspecified atom stereocenters. The number of benzene rings is 1. The molecule has 0 bridgehead atoms. The number of rotatable bonds is 0. The number of nitrogens with two attached hydrogens (primary N) is 1. The predicted octanol–water partition coefficient (Wildman–Crippen LogP) is 3.01. The Kier molecular flexibility index (Phi) is 1.87. The number of fused-ring (bicyclic) bond motifs is 1. The maximum absolute atomic E-state index is 8.73. The molecule has 0 saturated heterocycles. The zero-order valence-corrected chi connectivity index (χ0v) is 8.12. The third kappa shape index (κ3) is 1.24. The van der Waals surface area contributed by atoms with Gasteiger partial charge in [0, 0.05) is 15.5 Å². The van der Waals surface area contributed by atoms with Gasteiger partial charge in [0.05, 0.1) is 16.3 Å². The van der Waals surface area contributed by atoms with Crippen LogP contribution in [0.25, 0.3) is 10.1 Å². The lowest BCUT2D eigenvalue weighted by Gasteiger charge is -1.95. The summed E-state index contributed by atoms with van der Waals surface area (Å²) in [5, 5.41) is 12.0. The molecule has 13 heavy (non-hydrogen) atoms. The lowest BCUT2D eigenvalue weighted by atomic mass is 10.2. The summed E-state index contributed by atoms with van der Waals surface area (Å²) in [4.78, 5) is 0. The highest BCUT2D eigenvalue weighted by atomic mass is 35.5. The minimum atomic E-state index is 0.472. The second-order valence-electron chi connectivity index (χ2n) is 2.63. The van der Waals surface area contributed by atoms with Gasteiger partial charge in [-0.25, -0.2) is 0 Å². The summed E-state index contributed by atoms with van der Waals surface area (Å²) in [5.74, 6) is 0. The van der Waals surface area contributed by atoms with Crippen molar-refractivity contribution in [3.8, 4) is 6.07 Å². The SMILES string of the molecule is N#Cc1cc2c(N)csc2cc1Cl. The normalized spacial score (nSPS) is 10.2. The van der Waals surface area contributed by atoms with Crippen LogP contribution in [0.3, 0.4) is 0 Å². The molecular formula is C9H5ClN2S. The smallest absolute Gasteiger partial charge is 0.101 e. The number of anilines is 1. The molecule has 0 aliphatic rings. The average molecular weight is 209 g/mol. The number of nitrogen functional groups attached to an aromatic ring is 1. The van der Waals surface area contributed by atoms with Crippen LogP contribution in [-0.4, -0.2) is 0 Å². The van der Waals surface area contributed by atoms with Crippen molar-refractivity contribution in [3.05, 3.63) is 28.1 Å². The van der Waals surface area contributed by atoms with Gasteiger partial charge in [-0.05, 0) is 12.1 Å². The predicted molar refractivity (Wildman–Crippen MR) is 56.0 cm³/mol. The Bertz CT molecular complexity index is 510. The van der Waals surface area contributed by atoms with E-state index in [1.54, 1.807) is 12.1 Å². The van der Waals surface area contributed by atoms with Crippen LogP contribution in [0.5, 0.6) is 0 Å². The molecule has 2 rings (SSSR count). The summed E-state index contributed by atoms with van der Waals surface area (Å²) in [6, 6.07) is 5.52. The Labute approximate surface area is 84.2 Å². The molecular weight excluding hydrogens is 204 g/mol. The van der Waals surface area contributed by atoms with Crippen molar-refractivity contribution < 1.29 is 0 Å². The van der Waals surface area contributed by atoms with E-state index in [9.17, 15) is 0 Å². The van der Waals surface area contributed by atoms with Gasteiger partial charge >= 0.3 is 0 Å². The van der Waals surface area contributed by atoms with E-state index < -0.39 is 0 Å². The van der Waals surface area contributed by atoms with E-state index in [0.29, 0.717) is 16.3 Å². The van der Waals surface area contributed by atoms with Crippen LogP contribution in [0, 0.1) is 11.3 Å². The van der Waals surface area contributed by atoms with Gasteiger partial charge in [0.1, 0.15) is 6.07 Å². The summed E-state index contributed by atoms with van der Waals surface area (Å²) in [5.41, 5.74) is 6.88. The van der Waals surface area contributed by atoms with Crippen molar-refractivity contribution in [2.24, 2.45) is 0 Å². The van der Waals surface area contributed by atoms with Crippen LogP contribution in [0.4, 0.5) is 5.69 Å². The molecule has 2 nitrogen and oxygen atoms in total. The lowest BCUT2D eigenvalue weighted by molar-refractivity contribution is 1.50. The second-order valence-corrected chi connectivity index (χ2v) is 3.95. The molecule has 0 aliphatic carbocycles. The third-order valence-corrected chi connectivity index (χ3v) is 3.09. The molecule has 1 heterocycles. The molecule has 0 spiro atoms. The Morgan fingerprint density at radius 3 is 2.92 bits per heavy atom. The summed E-state index contributed by atoms with van der Waals surface area (Å²) < 4.78 is 1.02.